The van der Waals surface area contributed by atoms with Gasteiger partial charge in [-0.25, -0.2) is 0 Å². The van der Waals surface area contributed by atoms with E-state index in [4.69, 9.17) is 15.2 Å². The van der Waals surface area contributed by atoms with Gasteiger partial charge in [-0.1, -0.05) is 0 Å². The van der Waals surface area contributed by atoms with Crippen LogP contribution >= 0.6 is 0 Å². The molecule has 0 amide bonds. The maximum atomic E-state index is 5.64. The summed E-state index contributed by atoms with van der Waals surface area (Å²) in [6, 6.07) is 7.85. The van der Waals surface area contributed by atoms with Crippen molar-refractivity contribution in [2.24, 2.45) is 5.73 Å². The van der Waals surface area contributed by atoms with Gasteiger partial charge in [-0.3, -0.25) is 0 Å². The quantitative estimate of drug-likeness (QED) is 0.730. The normalized spacial score (nSPS) is 12.2. The second kappa shape index (κ2) is 6.30. The molecule has 2 N–H and O–H groups in total. The third-order valence-corrected chi connectivity index (χ3v) is 2.13. The largest absolute Gasteiger partial charge is 0.497 e. The molecule has 3 heteroatoms. The third kappa shape index (κ3) is 4.70. The summed E-state index contributed by atoms with van der Waals surface area (Å²) in [5.74, 6) is 1.72. The van der Waals surface area contributed by atoms with Crippen LogP contribution in [0.3, 0.4) is 0 Å². The molecule has 0 bridgehead atoms. The number of rotatable bonds is 6. The molecule has 0 aliphatic rings. The van der Waals surface area contributed by atoms with Crippen molar-refractivity contribution < 1.29 is 9.47 Å². The van der Waals surface area contributed by atoms with Crippen molar-refractivity contribution in [1.82, 2.24) is 0 Å². The van der Waals surface area contributed by atoms with E-state index in [1.54, 1.807) is 7.11 Å². The van der Waals surface area contributed by atoms with Crippen LogP contribution < -0.4 is 15.2 Å². The molecule has 1 rings (SSSR count). The standard InChI is InChI=1S/C12H19NO2/c1-10(13)4-3-9-15-12-7-5-11(14-2)6-8-12/h5-8,10H,3-4,9,13H2,1-2H3. The lowest BCUT2D eigenvalue weighted by Crippen LogP contribution is -2.15. The van der Waals surface area contributed by atoms with Gasteiger partial charge in [-0.05, 0) is 44.0 Å². The van der Waals surface area contributed by atoms with Crippen LogP contribution in [0.15, 0.2) is 24.3 Å². The topological polar surface area (TPSA) is 44.5 Å². The van der Waals surface area contributed by atoms with E-state index in [0.717, 1.165) is 24.3 Å². The van der Waals surface area contributed by atoms with Gasteiger partial charge in [0.15, 0.2) is 0 Å². The molecule has 1 aromatic carbocycles. The molecule has 0 aliphatic carbocycles. The molecular formula is C12H19NO2. The minimum Gasteiger partial charge on any atom is -0.497 e. The van der Waals surface area contributed by atoms with E-state index in [0.29, 0.717) is 6.61 Å². The van der Waals surface area contributed by atoms with E-state index >= 15 is 0 Å². The Labute approximate surface area is 91.2 Å². The van der Waals surface area contributed by atoms with Crippen LogP contribution in [0.1, 0.15) is 19.8 Å². The molecule has 0 aliphatic heterocycles. The van der Waals surface area contributed by atoms with E-state index in [2.05, 4.69) is 0 Å². The number of methoxy groups -OCH3 is 1. The van der Waals surface area contributed by atoms with E-state index in [9.17, 15) is 0 Å². The predicted molar refractivity (Wildman–Crippen MR) is 61.4 cm³/mol. The maximum absolute atomic E-state index is 5.64. The zero-order valence-corrected chi connectivity index (χ0v) is 9.40. The first-order valence-corrected chi connectivity index (χ1v) is 5.25. The molecule has 1 unspecified atom stereocenters. The molecule has 0 spiro atoms. The van der Waals surface area contributed by atoms with Gasteiger partial charge in [0.25, 0.3) is 0 Å². The Morgan fingerprint density at radius 2 is 1.80 bits per heavy atom. The SMILES string of the molecule is COc1ccc(OCCCC(C)N)cc1. The maximum Gasteiger partial charge on any atom is 0.119 e. The van der Waals surface area contributed by atoms with Gasteiger partial charge in [0.2, 0.25) is 0 Å². The first-order valence-electron chi connectivity index (χ1n) is 5.25. The van der Waals surface area contributed by atoms with Gasteiger partial charge in [0, 0.05) is 6.04 Å². The van der Waals surface area contributed by atoms with E-state index in [1.807, 2.05) is 31.2 Å². The van der Waals surface area contributed by atoms with Gasteiger partial charge in [0.05, 0.1) is 13.7 Å². The molecule has 3 nitrogen and oxygen atoms in total. The highest BCUT2D eigenvalue weighted by molar-refractivity contribution is 5.31. The van der Waals surface area contributed by atoms with Gasteiger partial charge in [0.1, 0.15) is 11.5 Å². The Morgan fingerprint density at radius 1 is 1.20 bits per heavy atom. The molecule has 0 fully saturated rings. The molecular weight excluding hydrogens is 190 g/mol. The highest BCUT2D eigenvalue weighted by Crippen LogP contribution is 2.17. The molecule has 0 saturated heterocycles. The summed E-state index contributed by atoms with van der Waals surface area (Å²) in [5, 5.41) is 0. The monoisotopic (exact) mass is 209 g/mol. The number of hydrogen-bond acceptors (Lipinski definition) is 3. The van der Waals surface area contributed by atoms with Crippen LogP contribution in [-0.2, 0) is 0 Å². The van der Waals surface area contributed by atoms with Crippen molar-refractivity contribution in [3.8, 4) is 11.5 Å². The van der Waals surface area contributed by atoms with E-state index < -0.39 is 0 Å². The van der Waals surface area contributed by atoms with Crippen LogP contribution in [-0.4, -0.2) is 19.8 Å². The molecule has 84 valence electrons. The minimum atomic E-state index is 0.254. The summed E-state index contributed by atoms with van der Waals surface area (Å²) >= 11 is 0. The van der Waals surface area contributed by atoms with Crippen LogP contribution in [0.25, 0.3) is 0 Å². The lowest BCUT2D eigenvalue weighted by molar-refractivity contribution is 0.302. The first-order chi connectivity index (χ1) is 7.22. The zero-order valence-electron chi connectivity index (χ0n) is 9.40. The lowest BCUT2D eigenvalue weighted by Gasteiger charge is -2.08. The number of hydrogen-bond donors (Lipinski definition) is 1. The Morgan fingerprint density at radius 3 is 2.33 bits per heavy atom. The molecule has 15 heavy (non-hydrogen) atoms. The average Bonchev–Trinajstić information content (AvgIpc) is 2.25. The molecule has 0 aromatic heterocycles. The lowest BCUT2D eigenvalue weighted by atomic mass is 10.2. The molecule has 1 aromatic rings. The van der Waals surface area contributed by atoms with Crippen molar-refractivity contribution >= 4 is 0 Å². The average molecular weight is 209 g/mol. The van der Waals surface area contributed by atoms with Crippen LogP contribution in [0.2, 0.25) is 0 Å². The Kier molecular flexibility index (Phi) is 4.98. The number of benzene rings is 1. The summed E-state index contributed by atoms with van der Waals surface area (Å²) in [4.78, 5) is 0. The summed E-state index contributed by atoms with van der Waals surface area (Å²) in [6.45, 7) is 2.72. The first kappa shape index (κ1) is 11.9. The number of ether oxygens (including phenoxy) is 2. The van der Waals surface area contributed by atoms with Crippen molar-refractivity contribution in [1.29, 1.82) is 0 Å². The van der Waals surface area contributed by atoms with Crippen molar-refractivity contribution in [2.75, 3.05) is 13.7 Å². The Bertz CT molecular complexity index is 269. The summed E-state index contributed by atoms with van der Waals surface area (Å²) in [6.07, 6.45) is 1.99. The number of nitrogens with two attached hydrogens (primary N) is 1. The fraction of sp³-hybridized carbons (Fsp3) is 0.500. The van der Waals surface area contributed by atoms with Crippen molar-refractivity contribution in [3.63, 3.8) is 0 Å². The molecule has 0 heterocycles. The third-order valence-electron chi connectivity index (χ3n) is 2.13. The van der Waals surface area contributed by atoms with Crippen LogP contribution in [0, 0.1) is 0 Å². The summed E-state index contributed by atoms with van der Waals surface area (Å²) < 4.78 is 10.6. The van der Waals surface area contributed by atoms with Crippen molar-refractivity contribution in [2.45, 2.75) is 25.8 Å². The van der Waals surface area contributed by atoms with Gasteiger partial charge in [-0.2, -0.15) is 0 Å². The molecule has 0 saturated carbocycles. The Balaban J connectivity index is 2.25. The fourth-order valence-electron chi connectivity index (χ4n) is 1.27. The molecule has 1 atom stereocenters. The highest BCUT2D eigenvalue weighted by atomic mass is 16.5. The smallest absolute Gasteiger partial charge is 0.119 e. The van der Waals surface area contributed by atoms with Crippen molar-refractivity contribution in [3.05, 3.63) is 24.3 Å². The summed E-state index contributed by atoms with van der Waals surface area (Å²) in [7, 11) is 1.65. The highest BCUT2D eigenvalue weighted by Gasteiger charge is 1.97. The minimum absolute atomic E-state index is 0.254. The Hall–Kier alpha value is -1.22. The van der Waals surface area contributed by atoms with E-state index in [1.165, 1.54) is 0 Å². The van der Waals surface area contributed by atoms with Crippen LogP contribution in [0.4, 0.5) is 0 Å². The van der Waals surface area contributed by atoms with E-state index in [-0.39, 0.29) is 6.04 Å². The summed E-state index contributed by atoms with van der Waals surface area (Å²) in [5.41, 5.74) is 5.64. The second-order valence-electron chi connectivity index (χ2n) is 3.64. The van der Waals surface area contributed by atoms with Gasteiger partial charge in [-0.15, -0.1) is 0 Å². The van der Waals surface area contributed by atoms with Gasteiger partial charge < -0.3 is 15.2 Å². The predicted octanol–water partition coefficient (Wildman–Crippen LogP) is 2.20. The molecule has 0 radical (unpaired) electrons. The van der Waals surface area contributed by atoms with Gasteiger partial charge >= 0.3 is 0 Å². The van der Waals surface area contributed by atoms with Crippen LogP contribution in [0.5, 0.6) is 11.5 Å². The fourth-order valence-corrected chi connectivity index (χ4v) is 1.27. The zero-order chi connectivity index (χ0) is 11.1. The second-order valence-corrected chi connectivity index (χ2v) is 3.64.